The lowest BCUT2D eigenvalue weighted by molar-refractivity contribution is 0.0839. The second-order valence-corrected chi connectivity index (χ2v) is 7.09. The van der Waals surface area contributed by atoms with Crippen LogP contribution in [0.15, 0.2) is 49.5 Å². The predicted molar refractivity (Wildman–Crippen MR) is 98.2 cm³/mol. The van der Waals surface area contributed by atoms with Crippen molar-refractivity contribution >= 4 is 10.8 Å². The average Bonchev–Trinajstić information content (AvgIpc) is 2.67. The van der Waals surface area contributed by atoms with Crippen molar-refractivity contribution in [2.24, 2.45) is 5.92 Å². The zero-order valence-corrected chi connectivity index (χ0v) is 14.2. The normalized spacial score (nSPS) is 17.0. The first-order chi connectivity index (χ1) is 12.5. The molecule has 1 atom stereocenters. The van der Waals surface area contributed by atoms with E-state index in [-0.39, 0.29) is 32.7 Å². The largest absolute Gasteiger partial charge is 0.388 e. The van der Waals surface area contributed by atoms with Gasteiger partial charge in [0.25, 0.3) is 0 Å². The summed E-state index contributed by atoms with van der Waals surface area (Å²) in [6.07, 6.45) is 3.50. The zero-order valence-electron chi connectivity index (χ0n) is 14.2. The molecule has 0 aromatic heterocycles. The molecule has 0 heterocycles. The van der Waals surface area contributed by atoms with Crippen LogP contribution in [0, 0.1) is 16.4 Å². The summed E-state index contributed by atoms with van der Waals surface area (Å²) in [5.74, 6) is -0.101. The third-order valence-corrected chi connectivity index (χ3v) is 5.56. The molecule has 5 heteroatoms. The third kappa shape index (κ3) is 2.42. The van der Waals surface area contributed by atoms with Crippen molar-refractivity contribution in [3.8, 4) is 0 Å². The summed E-state index contributed by atoms with van der Waals surface area (Å²) in [5.41, 5.74) is -2.63. The maximum absolute atomic E-state index is 12.9. The molecule has 1 aromatic rings. The molecule has 26 heavy (non-hydrogen) atoms. The summed E-state index contributed by atoms with van der Waals surface area (Å²) >= 11 is 0. The summed E-state index contributed by atoms with van der Waals surface area (Å²) in [6, 6.07) is 7.23. The van der Waals surface area contributed by atoms with Crippen molar-refractivity contribution in [3.05, 3.63) is 87.2 Å². The molecule has 0 amide bonds. The van der Waals surface area contributed by atoms with Crippen molar-refractivity contribution in [2.75, 3.05) is 0 Å². The van der Waals surface area contributed by atoms with E-state index in [2.05, 4.69) is 0 Å². The first-order valence-electron chi connectivity index (χ1n) is 8.92. The molecule has 5 nitrogen and oxygen atoms in total. The van der Waals surface area contributed by atoms with Crippen molar-refractivity contribution in [1.82, 2.24) is 0 Å². The smallest absolute Gasteiger partial charge is 0.198 e. The van der Waals surface area contributed by atoms with E-state index in [0.29, 0.717) is 0 Å². The first kappa shape index (κ1) is 16.8. The second-order valence-electron chi connectivity index (χ2n) is 7.09. The molecule has 0 bridgehead atoms. The van der Waals surface area contributed by atoms with Crippen LogP contribution in [-0.4, -0.2) is 5.11 Å². The molecule has 132 valence electrons. The second kappa shape index (κ2) is 6.25. The number of fused-ring (bicyclic) bond motifs is 1. The molecule has 1 N–H and O–H groups in total. The summed E-state index contributed by atoms with van der Waals surface area (Å²) in [7, 11) is 0. The fraction of sp³-hybridized carbons (Fsp3) is 0.333. The average molecular weight is 350 g/mol. The molecule has 3 aliphatic carbocycles. The molecule has 1 saturated carbocycles. The Hall–Kier alpha value is -2.66. The van der Waals surface area contributed by atoms with E-state index >= 15 is 0 Å². The standard InChI is InChI=1S/C21H18O5/c22-15-10-14(18(23)11-6-2-1-3-7-11)21(26)17-16(15)19(24)12-8-4-5-9-13(12)20(17)25/h4-5,8-11,18,23H,1-3,6-7H2. The minimum atomic E-state index is -1.08. The van der Waals surface area contributed by atoms with E-state index in [4.69, 9.17) is 0 Å². The Bertz CT molecular complexity index is 1260. The summed E-state index contributed by atoms with van der Waals surface area (Å²) in [5, 5.41) is 10.2. The highest BCUT2D eigenvalue weighted by Crippen LogP contribution is 2.32. The minimum absolute atomic E-state index is 0.0545. The Morgan fingerprint density at radius 2 is 1.38 bits per heavy atom. The van der Waals surface area contributed by atoms with E-state index in [9.17, 15) is 24.3 Å². The fourth-order valence-electron chi connectivity index (χ4n) is 4.17. The van der Waals surface area contributed by atoms with Gasteiger partial charge < -0.3 is 5.11 Å². The van der Waals surface area contributed by atoms with E-state index in [1.165, 1.54) is 12.1 Å². The van der Waals surface area contributed by atoms with Gasteiger partial charge in [-0.2, -0.15) is 0 Å². The number of rotatable bonds is 2. The number of aliphatic hydroxyl groups excluding tert-OH is 1. The van der Waals surface area contributed by atoms with Crippen LogP contribution in [0.1, 0.15) is 43.8 Å². The monoisotopic (exact) mass is 350 g/mol. The van der Waals surface area contributed by atoms with Gasteiger partial charge in [-0.15, -0.1) is 0 Å². The lowest BCUT2D eigenvalue weighted by Crippen LogP contribution is -2.32. The number of hydrogen-bond donors (Lipinski definition) is 1. The molecule has 3 aliphatic rings. The summed E-state index contributed by atoms with van der Waals surface area (Å²) < 4.78 is 0. The van der Waals surface area contributed by atoms with Gasteiger partial charge in [-0.1, -0.05) is 43.5 Å². The lowest BCUT2D eigenvalue weighted by atomic mass is 9.82. The van der Waals surface area contributed by atoms with Crippen LogP contribution in [0.25, 0.3) is 10.8 Å². The maximum atomic E-state index is 12.9. The van der Waals surface area contributed by atoms with Gasteiger partial charge in [0, 0.05) is 16.3 Å². The van der Waals surface area contributed by atoms with Crippen LogP contribution in [-0.2, 0) is 0 Å². The highest BCUT2D eigenvalue weighted by molar-refractivity contribution is 5.82. The minimum Gasteiger partial charge on any atom is -0.388 e. The highest BCUT2D eigenvalue weighted by Gasteiger charge is 2.27. The molecular weight excluding hydrogens is 332 g/mol. The van der Waals surface area contributed by atoms with E-state index in [1.807, 2.05) is 0 Å². The third-order valence-electron chi connectivity index (χ3n) is 5.56. The summed E-state index contributed by atoms with van der Waals surface area (Å²) in [4.78, 5) is 51.0. The molecule has 0 saturated heterocycles. The molecule has 1 fully saturated rings. The van der Waals surface area contributed by atoms with E-state index in [1.54, 1.807) is 12.1 Å². The van der Waals surface area contributed by atoms with Crippen molar-refractivity contribution in [3.63, 3.8) is 0 Å². The molecule has 1 aromatic carbocycles. The Balaban J connectivity index is 2.10. The van der Waals surface area contributed by atoms with Gasteiger partial charge in [-0.05, 0) is 24.8 Å². The van der Waals surface area contributed by atoms with E-state index < -0.39 is 27.8 Å². The predicted octanol–water partition coefficient (Wildman–Crippen LogP) is 1.49. The fourth-order valence-corrected chi connectivity index (χ4v) is 4.17. The maximum Gasteiger partial charge on any atom is 0.198 e. The molecule has 4 rings (SSSR count). The molecule has 1 unspecified atom stereocenters. The lowest BCUT2D eigenvalue weighted by Gasteiger charge is -2.26. The SMILES string of the molecule is O=c1cc(C(O)C2CCCCC2)c(=O)c2c(=O)c3ccccc3c(=O)c1=2. The van der Waals surface area contributed by atoms with Gasteiger partial charge in [-0.3, -0.25) is 19.2 Å². The van der Waals surface area contributed by atoms with Gasteiger partial charge in [0.05, 0.1) is 16.5 Å². The van der Waals surface area contributed by atoms with Crippen molar-refractivity contribution < 1.29 is 5.11 Å². The highest BCUT2D eigenvalue weighted by atomic mass is 16.3. The molecule has 0 spiro atoms. The molecule has 0 radical (unpaired) electrons. The van der Waals surface area contributed by atoms with Crippen LogP contribution in [0.3, 0.4) is 0 Å². The van der Waals surface area contributed by atoms with Gasteiger partial charge >= 0.3 is 0 Å². The Kier molecular flexibility index (Phi) is 4.04. The van der Waals surface area contributed by atoms with Crippen LogP contribution < -0.4 is 21.7 Å². The van der Waals surface area contributed by atoms with E-state index in [0.717, 1.165) is 38.2 Å². The topological polar surface area (TPSA) is 88.5 Å². The van der Waals surface area contributed by atoms with Crippen LogP contribution >= 0.6 is 0 Å². The Morgan fingerprint density at radius 3 is 2.00 bits per heavy atom. The van der Waals surface area contributed by atoms with Crippen LogP contribution in [0.5, 0.6) is 0 Å². The van der Waals surface area contributed by atoms with Crippen molar-refractivity contribution in [2.45, 2.75) is 38.2 Å². The number of hydrogen-bond acceptors (Lipinski definition) is 5. The number of aliphatic hydroxyl groups is 1. The molecule has 0 aliphatic heterocycles. The summed E-state index contributed by atoms with van der Waals surface area (Å²) in [6.45, 7) is 0. The Labute approximate surface area is 147 Å². The van der Waals surface area contributed by atoms with Gasteiger partial charge in [0.1, 0.15) is 0 Å². The number of benzene rings is 1. The van der Waals surface area contributed by atoms with Gasteiger partial charge in [-0.25, -0.2) is 0 Å². The van der Waals surface area contributed by atoms with Gasteiger partial charge in [0.2, 0.25) is 0 Å². The van der Waals surface area contributed by atoms with Crippen LogP contribution in [0.2, 0.25) is 0 Å². The van der Waals surface area contributed by atoms with Gasteiger partial charge in [0.15, 0.2) is 21.7 Å². The quantitative estimate of drug-likeness (QED) is 0.756. The molecular formula is C21H18O5. The van der Waals surface area contributed by atoms with Crippen LogP contribution in [0.4, 0.5) is 0 Å². The van der Waals surface area contributed by atoms with Crippen molar-refractivity contribution in [1.29, 1.82) is 0 Å². The zero-order chi connectivity index (χ0) is 18.4. The first-order valence-corrected chi connectivity index (χ1v) is 8.92. The Morgan fingerprint density at radius 1 is 0.808 bits per heavy atom.